The molecule has 0 aromatic heterocycles. The SMILES string of the molecule is CN1C2CCCC1(O)CC2. The summed E-state index contributed by atoms with van der Waals surface area (Å²) in [6.07, 6.45) is 5.69. The fraction of sp³-hybridized carbons (Fsp3) is 1.00. The summed E-state index contributed by atoms with van der Waals surface area (Å²) in [5.74, 6) is 0. The zero-order chi connectivity index (χ0) is 7.19. The van der Waals surface area contributed by atoms with Crippen LogP contribution in [0.4, 0.5) is 0 Å². The van der Waals surface area contributed by atoms with Gasteiger partial charge in [0.1, 0.15) is 5.72 Å². The lowest BCUT2D eigenvalue weighted by Gasteiger charge is -2.38. The van der Waals surface area contributed by atoms with Crippen LogP contribution in [0.5, 0.6) is 0 Å². The van der Waals surface area contributed by atoms with Crippen LogP contribution in [-0.4, -0.2) is 28.8 Å². The third kappa shape index (κ3) is 0.722. The molecule has 0 saturated carbocycles. The molecule has 2 heteroatoms. The lowest BCUT2D eigenvalue weighted by molar-refractivity contribution is -0.104. The van der Waals surface area contributed by atoms with Crippen molar-refractivity contribution >= 4 is 0 Å². The molecule has 2 aliphatic rings. The van der Waals surface area contributed by atoms with Crippen LogP contribution in [0.25, 0.3) is 0 Å². The summed E-state index contributed by atoms with van der Waals surface area (Å²) >= 11 is 0. The zero-order valence-corrected chi connectivity index (χ0v) is 6.51. The third-order valence-electron chi connectivity index (χ3n) is 3.20. The Hall–Kier alpha value is -0.0800. The van der Waals surface area contributed by atoms with Gasteiger partial charge in [-0.05, 0) is 39.2 Å². The lowest BCUT2D eigenvalue weighted by Crippen LogP contribution is -2.47. The Balaban J connectivity index is 2.21. The topological polar surface area (TPSA) is 23.5 Å². The molecule has 2 rings (SSSR count). The molecule has 1 N–H and O–H groups in total. The van der Waals surface area contributed by atoms with E-state index in [0.29, 0.717) is 6.04 Å². The average Bonchev–Trinajstić information content (AvgIpc) is 2.18. The van der Waals surface area contributed by atoms with Gasteiger partial charge < -0.3 is 5.11 Å². The molecule has 0 radical (unpaired) electrons. The largest absolute Gasteiger partial charge is 0.376 e. The average molecular weight is 141 g/mol. The molecule has 10 heavy (non-hydrogen) atoms. The van der Waals surface area contributed by atoms with Crippen molar-refractivity contribution in [2.45, 2.75) is 43.9 Å². The predicted octanol–water partition coefficient (Wildman–Crippen LogP) is 0.953. The molecule has 58 valence electrons. The first kappa shape index (κ1) is 6.62. The zero-order valence-electron chi connectivity index (χ0n) is 6.51. The molecule has 0 aliphatic carbocycles. The molecule has 2 unspecified atom stereocenters. The maximum Gasteiger partial charge on any atom is 0.118 e. The lowest BCUT2D eigenvalue weighted by atomic mass is 10.0. The van der Waals surface area contributed by atoms with Crippen LogP contribution in [0, 0.1) is 0 Å². The molecular weight excluding hydrogens is 126 g/mol. The number of piperidine rings is 1. The van der Waals surface area contributed by atoms with Crippen LogP contribution in [0.2, 0.25) is 0 Å². The number of aliphatic hydroxyl groups is 1. The van der Waals surface area contributed by atoms with E-state index < -0.39 is 5.72 Å². The summed E-state index contributed by atoms with van der Waals surface area (Å²) in [4.78, 5) is 2.16. The molecule has 2 bridgehead atoms. The van der Waals surface area contributed by atoms with E-state index in [0.717, 1.165) is 12.8 Å². The van der Waals surface area contributed by atoms with Crippen LogP contribution >= 0.6 is 0 Å². The molecule has 2 aliphatic heterocycles. The molecule has 2 nitrogen and oxygen atoms in total. The van der Waals surface area contributed by atoms with E-state index in [1.807, 2.05) is 0 Å². The van der Waals surface area contributed by atoms with Gasteiger partial charge in [0, 0.05) is 6.04 Å². The first-order valence-electron chi connectivity index (χ1n) is 4.18. The molecule has 0 aromatic carbocycles. The van der Waals surface area contributed by atoms with Crippen molar-refractivity contribution in [2.24, 2.45) is 0 Å². The summed E-state index contributed by atoms with van der Waals surface area (Å²) < 4.78 is 0. The van der Waals surface area contributed by atoms with Crippen molar-refractivity contribution in [1.29, 1.82) is 0 Å². The van der Waals surface area contributed by atoms with Gasteiger partial charge in [-0.2, -0.15) is 0 Å². The minimum atomic E-state index is -0.414. The maximum atomic E-state index is 9.92. The predicted molar refractivity (Wildman–Crippen MR) is 39.6 cm³/mol. The van der Waals surface area contributed by atoms with E-state index in [4.69, 9.17) is 0 Å². The van der Waals surface area contributed by atoms with Crippen molar-refractivity contribution in [3.63, 3.8) is 0 Å². The van der Waals surface area contributed by atoms with Gasteiger partial charge in [0.15, 0.2) is 0 Å². The fourth-order valence-electron chi connectivity index (χ4n) is 2.37. The standard InChI is InChI=1S/C8H15NO/c1-9-7-3-2-5-8(9,10)6-4-7/h7,10H,2-6H2,1H3. The Labute approximate surface area is 61.8 Å². The van der Waals surface area contributed by atoms with Gasteiger partial charge in [-0.1, -0.05) is 0 Å². The normalized spacial score (nSPS) is 48.0. The Morgan fingerprint density at radius 1 is 1.40 bits per heavy atom. The van der Waals surface area contributed by atoms with Gasteiger partial charge in [0.2, 0.25) is 0 Å². The third-order valence-corrected chi connectivity index (χ3v) is 3.20. The van der Waals surface area contributed by atoms with Crippen molar-refractivity contribution in [1.82, 2.24) is 4.90 Å². The minimum Gasteiger partial charge on any atom is -0.376 e. The number of hydrogen-bond acceptors (Lipinski definition) is 2. The van der Waals surface area contributed by atoms with Crippen molar-refractivity contribution in [2.75, 3.05) is 7.05 Å². The highest BCUT2D eigenvalue weighted by Gasteiger charge is 2.44. The first-order chi connectivity index (χ1) is 4.72. The second-order valence-electron chi connectivity index (χ2n) is 3.68. The second-order valence-corrected chi connectivity index (χ2v) is 3.68. The molecule has 0 spiro atoms. The van der Waals surface area contributed by atoms with Crippen LogP contribution in [-0.2, 0) is 0 Å². The van der Waals surface area contributed by atoms with Crippen molar-refractivity contribution < 1.29 is 5.11 Å². The highest BCUT2D eigenvalue weighted by Crippen LogP contribution is 2.40. The fourth-order valence-corrected chi connectivity index (χ4v) is 2.37. The number of rotatable bonds is 0. The smallest absolute Gasteiger partial charge is 0.118 e. The van der Waals surface area contributed by atoms with Gasteiger partial charge in [-0.15, -0.1) is 0 Å². The molecule has 2 saturated heterocycles. The van der Waals surface area contributed by atoms with Crippen LogP contribution < -0.4 is 0 Å². The Kier molecular flexibility index (Phi) is 1.29. The Morgan fingerprint density at radius 3 is 2.80 bits per heavy atom. The second kappa shape index (κ2) is 1.95. The number of hydrogen-bond donors (Lipinski definition) is 1. The Bertz CT molecular complexity index is 144. The van der Waals surface area contributed by atoms with Gasteiger partial charge in [-0.3, -0.25) is 4.90 Å². The van der Waals surface area contributed by atoms with Crippen molar-refractivity contribution in [3.8, 4) is 0 Å². The van der Waals surface area contributed by atoms with E-state index >= 15 is 0 Å². The van der Waals surface area contributed by atoms with Gasteiger partial charge in [0.25, 0.3) is 0 Å². The van der Waals surface area contributed by atoms with E-state index in [-0.39, 0.29) is 0 Å². The Morgan fingerprint density at radius 2 is 2.20 bits per heavy atom. The first-order valence-corrected chi connectivity index (χ1v) is 4.18. The summed E-state index contributed by atoms with van der Waals surface area (Å²) in [7, 11) is 2.05. The van der Waals surface area contributed by atoms with E-state index in [2.05, 4.69) is 11.9 Å². The van der Waals surface area contributed by atoms with E-state index in [1.54, 1.807) is 0 Å². The van der Waals surface area contributed by atoms with E-state index in [1.165, 1.54) is 19.3 Å². The molecular formula is C8H15NO. The highest BCUT2D eigenvalue weighted by atomic mass is 16.3. The summed E-state index contributed by atoms with van der Waals surface area (Å²) in [5, 5.41) is 9.92. The monoisotopic (exact) mass is 141 g/mol. The summed E-state index contributed by atoms with van der Waals surface area (Å²) in [6, 6.07) is 0.679. The van der Waals surface area contributed by atoms with Crippen molar-refractivity contribution in [3.05, 3.63) is 0 Å². The quantitative estimate of drug-likeness (QED) is 0.543. The van der Waals surface area contributed by atoms with Crippen LogP contribution in [0.15, 0.2) is 0 Å². The minimum absolute atomic E-state index is 0.414. The number of fused-ring (bicyclic) bond motifs is 2. The van der Waals surface area contributed by atoms with Gasteiger partial charge in [0.05, 0.1) is 0 Å². The molecule has 2 heterocycles. The summed E-state index contributed by atoms with van der Waals surface area (Å²) in [5.41, 5.74) is -0.414. The van der Waals surface area contributed by atoms with Gasteiger partial charge >= 0.3 is 0 Å². The summed E-state index contributed by atoms with van der Waals surface area (Å²) in [6.45, 7) is 0. The molecule has 2 fully saturated rings. The van der Waals surface area contributed by atoms with Crippen LogP contribution in [0.3, 0.4) is 0 Å². The molecule has 0 amide bonds. The molecule has 0 aromatic rings. The number of nitrogens with zero attached hydrogens (tertiary/aromatic N) is 1. The maximum absolute atomic E-state index is 9.92. The molecule has 2 atom stereocenters. The van der Waals surface area contributed by atoms with E-state index in [9.17, 15) is 5.11 Å². The van der Waals surface area contributed by atoms with Crippen LogP contribution in [0.1, 0.15) is 32.1 Å². The van der Waals surface area contributed by atoms with Gasteiger partial charge in [-0.25, -0.2) is 0 Å². The highest BCUT2D eigenvalue weighted by molar-refractivity contribution is 4.94.